The van der Waals surface area contributed by atoms with Crippen molar-refractivity contribution in [2.75, 3.05) is 73.4 Å². The van der Waals surface area contributed by atoms with Gasteiger partial charge in [-0.25, -0.2) is 8.42 Å². The van der Waals surface area contributed by atoms with E-state index < -0.39 is 10.1 Å². The highest BCUT2D eigenvalue weighted by Gasteiger charge is 2.44. The van der Waals surface area contributed by atoms with Gasteiger partial charge in [-0.2, -0.15) is 4.58 Å². The predicted molar refractivity (Wildman–Crippen MR) is 233 cm³/mol. The molecule has 0 aromatic heterocycles. The van der Waals surface area contributed by atoms with Crippen LogP contribution in [0, 0.1) is 6.92 Å². The van der Waals surface area contributed by atoms with Crippen molar-refractivity contribution in [1.29, 1.82) is 0 Å². The molecule has 0 amide bonds. The topological polar surface area (TPSA) is 63.5 Å². The van der Waals surface area contributed by atoms with Gasteiger partial charge in [-0.1, -0.05) is 86.2 Å². The third-order valence-electron chi connectivity index (χ3n) is 11.3. The van der Waals surface area contributed by atoms with Gasteiger partial charge in [0.1, 0.15) is 10.1 Å². The van der Waals surface area contributed by atoms with E-state index in [0.29, 0.717) is 0 Å². The fourth-order valence-electron chi connectivity index (χ4n) is 8.18. The lowest BCUT2D eigenvalue weighted by Crippen LogP contribution is -2.37. The molecule has 2 heterocycles. The number of anilines is 1. The van der Waals surface area contributed by atoms with Gasteiger partial charge in [-0.15, -0.1) is 0 Å². The van der Waals surface area contributed by atoms with Gasteiger partial charge in [0.2, 0.25) is 5.69 Å². The fraction of sp³-hybridized carbons (Fsp3) is 0.438. The summed E-state index contributed by atoms with van der Waals surface area (Å²) < 4.78 is 35.8. The zero-order valence-corrected chi connectivity index (χ0v) is 36.7. The van der Waals surface area contributed by atoms with Gasteiger partial charge in [0.05, 0.1) is 72.1 Å². The van der Waals surface area contributed by atoms with Gasteiger partial charge in [-0.05, 0) is 74.6 Å². The molecule has 3 aromatic rings. The summed E-state index contributed by atoms with van der Waals surface area (Å²) in [6.07, 6.45) is 16.6. The van der Waals surface area contributed by atoms with Crippen molar-refractivity contribution < 1.29 is 26.5 Å². The first-order chi connectivity index (χ1) is 26.1. The van der Waals surface area contributed by atoms with E-state index in [4.69, 9.17) is 0 Å². The zero-order chi connectivity index (χ0) is 41.1. The second kappa shape index (κ2) is 16.8. The molecule has 3 aromatic carbocycles. The van der Waals surface area contributed by atoms with Crippen molar-refractivity contribution in [3.63, 3.8) is 0 Å². The van der Waals surface area contributed by atoms with Crippen LogP contribution in [0.2, 0.25) is 0 Å². The maximum absolute atomic E-state index is 10.4. The highest BCUT2D eigenvalue weighted by atomic mass is 32.2. The van der Waals surface area contributed by atoms with E-state index in [0.717, 1.165) is 40.5 Å². The Morgan fingerprint density at radius 1 is 0.750 bits per heavy atom. The Bertz CT molecular complexity index is 2160. The maximum Gasteiger partial charge on any atom is 0.209 e. The summed E-state index contributed by atoms with van der Waals surface area (Å²) in [5.74, 6) is 0. The van der Waals surface area contributed by atoms with Crippen molar-refractivity contribution in [1.82, 2.24) is 0 Å². The van der Waals surface area contributed by atoms with Crippen LogP contribution in [-0.2, 0) is 20.9 Å². The molecule has 0 spiro atoms. The molecule has 3 aliphatic rings. The summed E-state index contributed by atoms with van der Waals surface area (Å²) >= 11 is 0. The zero-order valence-electron chi connectivity index (χ0n) is 35.9. The predicted octanol–water partition coefficient (Wildman–Crippen LogP) is 9.04. The average Bonchev–Trinajstić information content (AvgIpc) is 3.71. The monoisotopic (exact) mass is 778 g/mol. The van der Waals surface area contributed by atoms with Gasteiger partial charge in [0, 0.05) is 47.5 Å². The van der Waals surface area contributed by atoms with Crippen LogP contribution in [0.4, 0.5) is 11.4 Å². The van der Waals surface area contributed by atoms with E-state index >= 15 is 0 Å². The molecule has 6 rings (SSSR count). The summed E-state index contributed by atoms with van der Waals surface area (Å²) in [5, 5.41) is 0. The number of nitrogens with zero attached hydrogens (tertiary/aromatic N) is 4. The molecular formula is C48H66N4O3S+2. The van der Waals surface area contributed by atoms with E-state index in [2.05, 4.69) is 158 Å². The molecule has 1 aliphatic carbocycles. The number of para-hydroxylation sites is 2. The van der Waals surface area contributed by atoms with Crippen molar-refractivity contribution in [3.05, 3.63) is 137 Å². The third kappa shape index (κ3) is 10.5. The van der Waals surface area contributed by atoms with Crippen LogP contribution in [0.1, 0.15) is 70.1 Å². The van der Waals surface area contributed by atoms with Gasteiger partial charge < -0.3 is 18.4 Å². The van der Waals surface area contributed by atoms with Gasteiger partial charge >= 0.3 is 0 Å². The molecule has 0 saturated heterocycles. The number of rotatable bonds is 12. The first-order valence-electron chi connectivity index (χ1n) is 20.1. The Morgan fingerprint density at radius 3 is 2.00 bits per heavy atom. The van der Waals surface area contributed by atoms with Crippen molar-refractivity contribution in [2.45, 2.75) is 76.0 Å². The summed E-state index contributed by atoms with van der Waals surface area (Å²) in [7, 11) is 9.46. The number of hydrogen-bond donors (Lipinski definition) is 0. The Kier molecular flexibility index (Phi) is 12.9. The van der Waals surface area contributed by atoms with E-state index in [9.17, 15) is 13.0 Å². The normalized spacial score (nSPS) is 19.1. The van der Waals surface area contributed by atoms with Crippen LogP contribution in [0.3, 0.4) is 0 Å². The molecule has 8 heteroatoms. The molecule has 300 valence electrons. The number of fused-ring (bicyclic) bond motifs is 2. The Balaban J connectivity index is 0.000000470. The lowest BCUT2D eigenvalue weighted by Gasteiger charge is -2.29. The van der Waals surface area contributed by atoms with Crippen LogP contribution >= 0.6 is 0 Å². The summed E-state index contributed by atoms with van der Waals surface area (Å²) in [6.45, 7) is 15.8. The third-order valence-corrected chi connectivity index (χ3v) is 12.2. The molecule has 0 fully saturated rings. The van der Waals surface area contributed by atoms with Crippen molar-refractivity contribution >= 4 is 27.2 Å². The quantitative estimate of drug-likeness (QED) is 0.105. The molecule has 2 aliphatic heterocycles. The number of quaternary nitrogens is 2. The Morgan fingerprint density at radius 2 is 1.36 bits per heavy atom. The number of allylic oxidation sites excluding steroid dienone is 8. The molecular weight excluding hydrogens is 713 g/mol. The summed E-state index contributed by atoms with van der Waals surface area (Å²) in [4.78, 5) is 2.41. The minimum atomic E-state index is -4.27. The summed E-state index contributed by atoms with van der Waals surface area (Å²) in [6, 6.07) is 23.8. The van der Waals surface area contributed by atoms with E-state index in [1.807, 2.05) is 6.92 Å². The molecule has 0 saturated carbocycles. The maximum atomic E-state index is 10.4. The van der Waals surface area contributed by atoms with Crippen LogP contribution < -0.4 is 4.90 Å². The molecule has 7 nitrogen and oxygen atoms in total. The van der Waals surface area contributed by atoms with Gasteiger partial charge in [-0.3, -0.25) is 0 Å². The Hall–Kier alpha value is -4.08. The number of benzene rings is 3. The molecule has 0 N–H and O–H groups in total. The molecule has 0 bridgehead atoms. The largest absolute Gasteiger partial charge is 0.744 e. The minimum absolute atomic E-state index is 0.00960. The Labute approximate surface area is 338 Å². The first-order valence-corrected chi connectivity index (χ1v) is 21.5. The van der Waals surface area contributed by atoms with E-state index in [1.54, 1.807) is 12.1 Å². The smallest absolute Gasteiger partial charge is 0.209 e. The molecule has 0 atom stereocenters. The molecule has 0 radical (unpaired) electrons. The van der Waals surface area contributed by atoms with Crippen LogP contribution in [0.15, 0.2) is 125 Å². The fourth-order valence-corrected chi connectivity index (χ4v) is 8.65. The SMILES string of the molecule is CC1(C)C(/C=C/C2=CC(=C/C=C3/N(CCC[N+](C)(C)C)c4ccccc4C3(C)C)CC2)=[N+](CCC[N+](C)(C)C)c2ccccc21.Cc1ccc(S(=O)(=O)[O-])cc1. The molecule has 0 unspecified atom stereocenters. The first kappa shape index (κ1) is 43.1. The second-order valence-corrected chi connectivity index (χ2v) is 20.2. The highest BCUT2D eigenvalue weighted by Crippen LogP contribution is 2.48. The van der Waals surface area contributed by atoms with E-state index in [1.165, 1.54) is 83.1 Å². The van der Waals surface area contributed by atoms with Gasteiger partial charge in [0.15, 0.2) is 12.3 Å². The van der Waals surface area contributed by atoms with Crippen molar-refractivity contribution in [3.8, 4) is 0 Å². The average molecular weight is 779 g/mol. The number of aryl methyl sites for hydroxylation is 1. The lowest BCUT2D eigenvalue weighted by molar-refractivity contribution is -0.871. The van der Waals surface area contributed by atoms with Crippen LogP contribution in [0.5, 0.6) is 0 Å². The van der Waals surface area contributed by atoms with Crippen LogP contribution in [0.25, 0.3) is 0 Å². The standard InChI is InChI=1S/C41H59N4.C7H8O3S/c1-40(2)34-17-11-13-19-36(34)42(27-15-29-44(5,6)7)38(40)25-23-32-21-22-33(31-32)24-26-39-41(3,4)35-18-12-14-20-37(35)43(39)28-16-30-45(8,9)10;1-6-2-4-7(5-3-6)11(8,9)10/h11-14,17-20,23-26,31H,15-16,21-22,27-30H2,1-10H3;2-5H,1H3,(H,8,9,10)/q+3;/p-1. The van der Waals surface area contributed by atoms with E-state index in [-0.39, 0.29) is 15.7 Å². The van der Waals surface area contributed by atoms with Gasteiger partial charge in [0.25, 0.3) is 0 Å². The van der Waals surface area contributed by atoms with Crippen molar-refractivity contribution in [2.24, 2.45) is 0 Å². The summed E-state index contributed by atoms with van der Waals surface area (Å²) in [5.41, 5.74) is 12.2. The molecule has 56 heavy (non-hydrogen) atoms. The second-order valence-electron chi connectivity index (χ2n) is 18.8. The number of hydrogen-bond acceptors (Lipinski definition) is 4. The van der Waals surface area contributed by atoms with Crippen LogP contribution in [-0.4, -0.2) is 101 Å². The highest BCUT2D eigenvalue weighted by molar-refractivity contribution is 7.85. The lowest BCUT2D eigenvalue weighted by atomic mass is 9.81. The minimum Gasteiger partial charge on any atom is -0.744 e.